The standard InChI is InChI=1S/C19H27N3O6/c1-10(2)15(23)26-9-12-14(28-16(24)11(3)4)19(6-7-19)17(27-12)22-8-5-13(20)21-18(22)25/h5,8,10-12,14,17H,6-7,9H2,1-4H3,(H2,20,21,25)/t12-,14-,17-/m1/s1. The van der Waals surface area contributed by atoms with Gasteiger partial charge in [-0.2, -0.15) is 4.98 Å². The molecule has 1 aromatic heterocycles. The molecule has 0 unspecified atom stereocenters. The van der Waals surface area contributed by atoms with Crippen LogP contribution in [0.2, 0.25) is 0 Å². The van der Waals surface area contributed by atoms with Crippen molar-refractivity contribution in [2.75, 3.05) is 12.3 Å². The molecule has 1 saturated carbocycles. The van der Waals surface area contributed by atoms with Crippen LogP contribution in [0.3, 0.4) is 0 Å². The summed E-state index contributed by atoms with van der Waals surface area (Å²) in [5, 5.41) is 0. The lowest BCUT2D eigenvalue weighted by Gasteiger charge is -2.25. The number of anilines is 1. The van der Waals surface area contributed by atoms with E-state index in [4.69, 9.17) is 19.9 Å². The zero-order valence-corrected chi connectivity index (χ0v) is 16.6. The fourth-order valence-electron chi connectivity index (χ4n) is 3.42. The lowest BCUT2D eigenvalue weighted by atomic mass is 9.96. The molecule has 9 nitrogen and oxygen atoms in total. The van der Waals surface area contributed by atoms with Gasteiger partial charge in [0, 0.05) is 6.20 Å². The first-order valence-electron chi connectivity index (χ1n) is 9.53. The number of esters is 2. The first-order valence-corrected chi connectivity index (χ1v) is 9.53. The molecule has 1 aliphatic carbocycles. The zero-order valence-electron chi connectivity index (χ0n) is 16.6. The van der Waals surface area contributed by atoms with Crippen LogP contribution in [0.5, 0.6) is 0 Å². The highest BCUT2D eigenvalue weighted by atomic mass is 16.6. The Bertz CT molecular complexity index is 814. The Balaban J connectivity index is 1.88. The van der Waals surface area contributed by atoms with Gasteiger partial charge in [0.15, 0.2) is 0 Å². The molecule has 0 bridgehead atoms. The lowest BCUT2D eigenvalue weighted by Crippen LogP contribution is -2.38. The normalized spacial score (nSPS) is 25.3. The molecule has 2 N–H and O–H groups in total. The first-order chi connectivity index (χ1) is 13.2. The molecule has 28 heavy (non-hydrogen) atoms. The van der Waals surface area contributed by atoms with E-state index in [2.05, 4.69) is 4.98 Å². The van der Waals surface area contributed by atoms with E-state index in [1.807, 2.05) is 0 Å². The van der Waals surface area contributed by atoms with Gasteiger partial charge in [-0.15, -0.1) is 0 Å². The average molecular weight is 393 g/mol. The van der Waals surface area contributed by atoms with Crippen LogP contribution in [0.15, 0.2) is 17.1 Å². The van der Waals surface area contributed by atoms with Crippen molar-refractivity contribution < 1.29 is 23.8 Å². The van der Waals surface area contributed by atoms with Crippen molar-refractivity contribution >= 4 is 17.8 Å². The number of nitrogen functional groups attached to an aromatic ring is 1. The maximum Gasteiger partial charge on any atom is 0.351 e. The van der Waals surface area contributed by atoms with E-state index in [1.54, 1.807) is 27.7 Å². The highest BCUT2D eigenvalue weighted by Gasteiger charge is 2.66. The number of ether oxygens (including phenoxy) is 3. The van der Waals surface area contributed by atoms with E-state index in [1.165, 1.54) is 16.8 Å². The number of nitrogens with two attached hydrogens (primary N) is 1. The van der Waals surface area contributed by atoms with Gasteiger partial charge in [0.25, 0.3) is 0 Å². The molecule has 154 valence electrons. The number of hydrogen-bond donors (Lipinski definition) is 1. The number of hydrogen-bond acceptors (Lipinski definition) is 8. The molecule has 1 aliphatic heterocycles. The van der Waals surface area contributed by atoms with Crippen LogP contribution >= 0.6 is 0 Å². The SMILES string of the molecule is CC(C)C(=O)OC[C@H]1O[C@@H](n2ccc(N)nc2=O)C2(CC2)[C@@H]1OC(=O)C(C)C. The first kappa shape index (κ1) is 20.3. The Morgan fingerprint density at radius 3 is 2.46 bits per heavy atom. The molecule has 0 amide bonds. The third kappa shape index (κ3) is 3.76. The van der Waals surface area contributed by atoms with Crippen molar-refractivity contribution in [3.8, 4) is 0 Å². The van der Waals surface area contributed by atoms with E-state index >= 15 is 0 Å². The van der Waals surface area contributed by atoms with Crippen molar-refractivity contribution in [1.82, 2.24) is 9.55 Å². The second-order valence-corrected chi connectivity index (χ2v) is 8.10. The largest absolute Gasteiger partial charge is 0.463 e. The summed E-state index contributed by atoms with van der Waals surface area (Å²) < 4.78 is 18.6. The Kier molecular flexibility index (Phi) is 5.47. The van der Waals surface area contributed by atoms with Crippen molar-refractivity contribution in [2.45, 2.75) is 59.0 Å². The number of aromatic nitrogens is 2. The highest BCUT2D eigenvalue weighted by Crippen LogP contribution is 2.63. The summed E-state index contributed by atoms with van der Waals surface area (Å²) in [6, 6.07) is 1.52. The van der Waals surface area contributed by atoms with Gasteiger partial charge in [0.1, 0.15) is 30.9 Å². The van der Waals surface area contributed by atoms with Gasteiger partial charge in [-0.25, -0.2) is 4.79 Å². The maximum absolute atomic E-state index is 12.3. The Labute approximate surface area is 163 Å². The van der Waals surface area contributed by atoms with Crippen LogP contribution in [0.25, 0.3) is 0 Å². The quantitative estimate of drug-likeness (QED) is 0.717. The van der Waals surface area contributed by atoms with Crippen LogP contribution in [0.4, 0.5) is 5.82 Å². The summed E-state index contributed by atoms with van der Waals surface area (Å²) in [7, 11) is 0. The lowest BCUT2D eigenvalue weighted by molar-refractivity contribution is -0.163. The summed E-state index contributed by atoms with van der Waals surface area (Å²) in [4.78, 5) is 40.3. The Morgan fingerprint density at radius 1 is 1.29 bits per heavy atom. The van der Waals surface area contributed by atoms with Crippen molar-refractivity contribution in [3.05, 3.63) is 22.7 Å². The minimum Gasteiger partial charge on any atom is -0.463 e. The predicted molar refractivity (Wildman–Crippen MR) is 99.0 cm³/mol. The summed E-state index contributed by atoms with van der Waals surface area (Å²) in [5.41, 5.74) is 4.50. The van der Waals surface area contributed by atoms with Crippen LogP contribution in [-0.4, -0.2) is 40.3 Å². The number of rotatable bonds is 6. The monoisotopic (exact) mass is 393 g/mol. The average Bonchev–Trinajstić information content (AvgIpc) is 3.36. The predicted octanol–water partition coefficient (Wildman–Crippen LogP) is 1.27. The van der Waals surface area contributed by atoms with Gasteiger partial charge in [-0.3, -0.25) is 14.2 Å². The molecule has 9 heteroatoms. The minimum absolute atomic E-state index is 0.0531. The molecule has 0 aromatic carbocycles. The molecule has 1 spiro atoms. The molecule has 1 saturated heterocycles. The highest BCUT2D eigenvalue weighted by molar-refractivity contribution is 5.72. The van der Waals surface area contributed by atoms with E-state index in [0.717, 1.165) is 12.8 Å². The van der Waals surface area contributed by atoms with E-state index < -0.39 is 29.5 Å². The number of carbonyl (C=O) groups excluding carboxylic acids is 2. The van der Waals surface area contributed by atoms with Crippen LogP contribution in [0, 0.1) is 17.3 Å². The fourth-order valence-corrected chi connectivity index (χ4v) is 3.42. The van der Waals surface area contributed by atoms with Crippen LogP contribution < -0.4 is 11.4 Å². The minimum atomic E-state index is -0.666. The molecule has 1 aromatic rings. The zero-order chi connectivity index (χ0) is 20.6. The third-order valence-electron chi connectivity index (χ3n) is 5.21. The number of carbonyl (C=O) groups is 2. The Morgan fingerprint density at radius 2 is 1.93 bits per heavy atom. The fraction of sp³-hybridized carbons (Fsp3) is 0.684. The van der Waals surface area contributed by atoms with E-state index in [0.29, 0.717) is 0 Å². The second-order valence-electron chi connectivity index (χ2n) is 8.10. The van der Waals surface area contributed by atoms with Gasteiger partial charge < -0.3 is 19.9 Å². The molecule has 2 fully saturated rings. The van der Waals surface area contributed by atoms with E-state index in [-0.39, 0.29) is 36.2 Å². The van der Waals surface area contributed by atoms with Crippen molar-refractivity contribution in [3.63, 3.8) is 0 Å². The van der Waals surface area contributed by atoms with Gasteiger partial charge in [-0.05, 0) is 18.9 Å². The summed E-state index contributed by atoms with van der Waals surface area (Å²) in [6.45, 7) is 6.91. The number of nitrogens with zero attached hydrogens (tertiary/aromatic N) is 2. The van der Waals surface area contributed by atoms with E-state index in [9.17, 15) is 14.4 Å². The van der Waals surface area contributed by atoms with Crippen LogP contribution in [-0.2, 0) is 23.8 Å². The second kappa shape index (κ2) is 7.54. The Hall–Kier alpha value is -2.42. The van der Waals surface area contributed by atoms with Gasteiger partial charge in [0.05, 0.1) is 17.3 Å². The topological polar surface area (TPSA) is 123 Å². The maximum atomic E-state index is 12.3. The van der Waals surface area contributed by atoms with Crippen molar-refractivity contribution in [2.24, 2.45) is 17.3 Å². The molecular formula is C19H27N3O6. The molecule has 3 rings (SSSR count). The van der Waals surface area contributed by atoms with Gasteiger partial charge in [-0.1, -0.05) is 27.7 Å². The van der Waals surface area contributed by atoms with Gasteiger partial charge >= 0.3 is 17.6 Å². The molecule has 2 aliphatic rings. The van der Waals surface area contributed by atoms with Gasteiger partial charge in [0.2, 0.25) is 0 Å². The molecule has 3 atom stereocenters. The smallest absolute Gasteiger partial charge is 0.351 e. The van der Waals surface area contributed by atoms with Crippen LogP contribution in [0.1, 0.15) is 46.8 Å². The summed E-state index contributed by atoms with van der Waals surface area (Å²) >= 11 is 0. The molecule has 2 heterocycles. The molecule has 0 radical (unpaired) electrons. The molecular weight excluding hydrogens is 366 g/mol. The van der Waals surface area contributed by atoms with Crippen molar-refractivity contribution in [1.29, 1.82) is 0 Å². The summed E-state index contributed by atoms with van der Waals surface area (Å²) in [6.07, 6.45) is 1.03. The summed E-state index contributed by atoms with van der Waals surface area (Å²) in [5.74, 6) is -1.20. The third-order valence-corrected chi connectivity index (χ3v) is 5.21.